The first-order valence-electron chi connectivity index (χ1n) is 22.4. The van der Waals surface area contributed by atoms with Crippen LogP contribution in [-0.2, 0) is 28.7 Å². The second kappa shape index (κ2) is 23.5. The van der Waals surface area contributed by atoms with Gasteiger partial charge in [0.15, 0.2) is 0 Å². The smallest absolute Gasteiger partial charge is 0.303 e. The molecule has 0 radical (unpaired) electrons. The molecule has 0 saturated carbocycles. The molecule has 0 aromatic heterocycles. The highest BCUT2D eigenvalue weighted by molar-refractivity contribution is 5.85. The maximum Gasteiger partial charge on any atom is 0.303 e. The standard InChI is InChI=1S/C32H28N2O2.C13H11N.C6H10O4.C4H8O2/c35-29(33-31-25-15-5-1-11-21(25)22-12-2-6-16-26(22)31)19-9-10-20-30(36)34-32-27-17-7-3-13-23(27)24-14-4-8-18-28(24)32;14-13-11-7-3-1-5-9(11)10-6-2-4-8-12(10)13;7-5(8)3-1-2-4-6(9)10;1-3-6-4(2)5/h1-8,11-18,31-32H,9-10,19-20H2,(H,33,35)(H,34,36);1-8,13H,14H2;1-4H2,(H,7,8)(H,9,10);3H2,1-2H3. The van der Waals surface area contributed by atoms with E-state index >= 15 is 0 Å². The van der Waals surface area contributed by atoms with Crippen LogP contribution in [0.3, 0.4) is 0 Å². The average Bonchev–Trinajstić information content (AvgIpc) is 3.92. The Morgan fingerprint density at radius 3 is 0.970 bits per heavy atom. The molecule has 6 N–H and O–H groups in total. The molecule has 9 rings (SSSR count). The van der Waals surface area contributed by atoms with Crippen LogP contribution >= 0.6 is 0 Å². The first kappa shape index (κ1) is 48.1. The minimum Gasteiger partial charge on any atom is -0.481 e. The quantitative estimate of drug-likeness (QED) is 0.0556. The van der Waals surface area contributed by atoms with Crippen molar-refractivity contribution in [3.63, 3.8) is 0 Å². The highest BCUT2D eigenvalue weighted by Crippen LogP contribution is 2.45. The second-order valence-electron chi connectivity index (χ2n) is 16.1. The first-order valence-corrected chi connectivity index (χ1v) is 22.4. The molecule has 0 atom stereocenters. The summed E-state index contributed by atoms with van der Waals surface area (Å²) in [6, 6.07) is 49.6. The number of amides is 2. The Kier molecular flexibility index (Phi) is 17.1. The maximum atomic E-state index is 12.8. The van der Waals surface area contributed by atoms with Crippen LogP contribution in [0.25, 0.3) is 33.4 Å². The molecule has 11 nitrogen and oxygen atoms in total. The van der Waals surface area contributed by atoms with E-state index in [1.54, 1.807) is 6.92 Å². The molecule has 0 bridgehead atoms. The van der Waals surface area contributed by atoms with Crippen LogP contribution in [0, 0.1) is 0 Å². The fourth-order valence-corrected chi connectivity index (χ4v) is 8.61. The van der Waals surface area contributed by atoms with E-state index in [9.17, 15) is 24.0 Å². The Hall–Kier alpha value is -7.37. The van der Waals surface area contributed by atoms with Gasteiger partial charge in [-0.15, -0.1) is 0 Å². The van der Waals surface area contributed by atoms with Crippen LogP contribution in [0.4, 0.5) is 0 Å². The number of aliphatic carboxylic acids is 2. The molecule has 340 valence electrons. The van der Waals surface area contributed by atoms with Crippen LogP contribution in [0.1, 0.15) is 117 Å². The normalized spacial score (nSPS) is 12.3. The number of hydrogen-bond acceptors (Lipinski definition) is 7. The third-order valence-electron chi connectivity index (χ3n) is 11.6. The van der Waals surface area contributed by atoms with Crippen molar-refractivity contribution in [3.05, 3.63) is 179 Å². The van der Waals surface area contributed by atoms with Crippen molar-refractivity contribution in [2.75, 3.05) is 6.61 Å². The number of rotatable bonds is 13. The highest BCUT2D eigenvalue weighted by Gasteiger charge is 2.30. The number of carbonyl (C=O) groups excluding carboxylic acids is 3. The van der Waals surface area contributed by atoms with Crippen molar-refractivity contribution in [2.45, 2.75) is 83.3 Å². The number of nitrogens with two attached hydrogens (primary N) is 1. The van der Waals surface area contributed by atoms with Gasteiger partial charge in [0, 0.05) is 32.6 Å². The van der Waals surface area contributed by atoms with Crippen molar-refractivity contribution in [2.24, 2.45) is 5.73 Å². The van der Waals surface area contributed by atoms with E-state index in [1.807, 2.05) is 60.7 Å². The summed E-state index contributed by atoms with van der Waals surface area (Å²) >= 11 is 0. The van der Waals surface area contributed by atoms with Crippen molar-refractivity contribution in [3.8, 4) is 33.4 Å². The molecule has 11 heteroatoms. The van der Waals surface area contributed by atoms with E-state index in [2.05, 4.69) is 100 Å². The van der Waals surface area contributed by atoms with E-state index in [4.69, 9.17) is 15.9 Å². The molecule has 0 spiro atoms. The number of unbranched alkanes of at least 4 members (excludes halogenated alkanes) is 2. The van der Waals surface area contributed by atoms with Gasteiger partial charge < -0.3 is 31.3 Å². The number of carboxylic acids is 2. The lowest BCUT2D eigenvalue weighted by molar-refractivity contribution is -0.140. The fraction of sp³-hybridized carbons (Fsp3) is 0.255. The summed E-state index contributed by atoms with van der Waals surface area (Å²) < 4.78 is 4.40. The summed E-state index contributed by atoms with van der Waals surface area (Å²) in [7, 11) is 0. The van der Waals surface area contributed by atoms with Gasteiger partial charge >= 0.3 is 17.9 Å². The zero-order valence-corrected chi connectivity index (χ0v) is 37.4. The number of benzene rings is 6. The molecule has 6 aromatic carbocycles. The highest BCUT2D eigenvalue weighted by atomic mass is 16.5. The number of esters is 1. The maximum absolute atomic E-state index is 12.8. The number of carboxylic acid groups (broad SMARTS) is 2. The van der Waals surface area contributed by atoms with Crippen molar-refractivity contribution < 1.29 is 38.9 Å². The predicted molar refractivity (Wildman–Crippen MR) is 256 cm³/mol. The first-order chi connectivity index (χ1) is 32.0. The Bertz CT molecular complexity index is 2400. The number of fused-ring (bicyclic) bond motifs is 9. The summed E-state index contributed by atoms with van der Waals surface area (Å²) in [5.74, 6) is -1.91. The van der Waals surface area contributed by atoms with Gasteiger partial charge in [-0.3, -0.25) is 24.0 Å². The molecule has 0 heterocycles. The van der Waals surface area contributed by atoms with E-state index < -0.39 is 11.9 Å². The van der Waals surface area contributed by atoms with Crippen LogP contribution < -0.4 is 16.4 Å². The number of nitrogens with one attached hydrogen (secondary N) is 2. The lowest BCUT2D eigenvalue weighted by atomic mass is 10.0. The topological polar surface area (TPSA) is 185 Å². The third-order valence-corrected chi connectivity index (χ3v) is 11.6. The Morgan fingerprint density at radius 1 is 0.455 bits per heavy atom. The molecule has 3 aliphatic carbocycles. The van der Waals surface area contributed by atoms with Gasteiger partial charge in [-0.05, 0) is 99.4 Å². The summed E-state index contributed by atoms with van der Waals surface area (Å²) in [4.78, 5) is 55.2. The average molecular weight is 888 g/mol. The molecule has 0 fully saturated rings. The Balaban J connectivity index is 0.000000195. The third kappa shape index (κ3) is 12.2. The van der Waals surface area contributed by atoms with Crippen molar-refractivity contribution >= 4 is 29.7 Å². The number of carbonyl (C=O) groups is 5. The zero-order valence-electron chi connectivity index (χ0n) is 37.4. The lowest BCUT2D eigenvalue weighted by Crippen LogP contribution is -2.29. The fourth-order valence-electron chi connectivity index (χ4n) is 8.61. The van der Waals surface area contributed by atoms with E-state index in [1.165, 1.54) is 51.4 Å². The summed E-state index contributed by atoms with van der Waals surface area (Å²) in [5.41, 5.74) is 20.5. The zero-order chi connectivity index (χ0) is 47.0. The molecule has 0 unspecified atom stereocenters. The van der Waals surface area contributed by atoms with E-state index in [0.717, 1.165) is 22.3 Å². The molecule has 66 heavy (non-hydrogen) atoms. The van der Waals surface area contributed by atoms with Crippen molar-refractivity contribution in [1.82, 2.24) is 10.6 Å². The molecule has 0 saturated heterocycles. The van der Waals surface area contributed by atoms with Gasteiger partial charge in [0.2, 0.25) is 11.8 Å². The molecular weight excluding hydrogens is 831 g/mol. The minimum absolute atomic E-state index is 0.0190. The van der Waals surface area contributed by atoms with Gasteiger partial charge in [0.1, 0.15) is 0 Å². The van der Waals surface area contributed by atoms with Crippen LogP contribution in [0.2, 0.25) is 0 Å². The summed E-state index contributed by atoms with van der Waals surface area (Å²) in [6.45, 7) is 3.65. The van der Waals surface area contributed by atoms with Crippen LogP contribution in [0.5, 0.6) is 0 Å². The molecule has 0 aliphatic heterocycles. The number of ether oxygens (including phenoxy) is 1. The summed E-state index contributed by atoms with van der Waals surface area (Å²) in [5, 5.41) is 22.7. The Morgan fingerprint density at radius 2 is 0.712 bits per heavy atom. The largest absolute Gasteiger partial charge is 0.481 e. The van der Waals surface area contributed by atoms with Crippen LogP contribution in [0.15, 0.2) is 146 Å². The SMILES string of the molecule is CCOC(C)=O.NC1c2ccccc2-c2ccccc21.O=C(CCCCC(=O)NC1c2ccccc2-c2ccccc21)NC1c2ccccc2-c2ccccc21.O=C(O)CCCCC(=O)O. The predicted octanol–water partition coefficient (Wildman–Crippen LogP) is 10.3. The Labute approximate surface area is 386 Å². The summed E-state index contributed by atoms with van der Waals surface area (Å²) in [6.07, 6.45) is 3.18. The van der Waals surface area contributed by atoms with Gasteiger partial charge in [-0.1, -0.05) is 146 Å². The molecule has 3 aliphatic rings. The van der Waals surface area contributed by atoms with Gasteiger partial charge in [0.05, 0.1) is 24.7 Å². The molecular formula is C55H57N3O8. The van der Waals surface area contributed by atoms with Crippen molar-refractivity contribution in [1.29, 1.82) is 0 Å². The minimum atomic E-state index is -0.870. The van der Waals surface area contributed by atoms with E-state index in [-0.39, 0.29) is 48.8 Å². The molecule has 2 amide bonds. The van der Waals surface area contributed by atoms with Gasteiger partial charge in [-0.25, -0.2) is 0 Å². The van der Waals surface area contributed by atoms with Gasteiger partial charge in [-0.2, -0.15) is 0 Å². The van der Waals surface area contributed by atoms with Crippen LogP contribution in [-0.4, -0.2) is 46.5 Å². The molecule has 6 aromatic rings. The number of hydrogen-bond donors (Lipinski definition) is 5. The van der Waals surface area contributed by atoms with Gasteiger partial charge in [0.25, 0.3) is 0 Å². The van der Waals surface area contributed by atoms with E-state index in [0.29, 0.717) is 45.1 Å². The second-order valence-corrected chi connectivity index (χ2v) is 16.1. The lowest BCUT2D eigenvalue weighted by Gasteiger charge is -2.17. The monoisotopic (exact) mass is 887 g/mol.